The highest BCUT2D eigenvalue weighted by Crippen LogP contribution is 2.39. The average Bonchev–Trinajstić information content (AvgIpc) is 2.84. The summed E-state index contributed by atoms with van der Waals surface area (Å²) in [5.74, 6) is 1.25. The number of benzene rings is 3. The number of methoxy groups -OCH3 is 4. The van der Waals surface area contributed by atoms with E-state index in [1.807, 2.05) is 0 Å². The standard InChI is InChI=1S/C24H23Cl2NO7S/c1-31-21-13-19(27-35(29,30)16-7-8-17(25)18(26)12-16)15(11-20(21)28)6-5-14-9-22(32-2)24(34-4)23(10-14)33-3/h5-13,27-28H,1-4H3/b6-5-. The van der Waals surface area contributed by atoms with Gasteiger partial charge in [0.1, 0.15) is 0 Å². The number of phenolic OH excluding ortho intramolecular Hbond substituents is 1. The molecule has 0 aliphatic heterocycles. The molecule has 0 atom stereocenters. The number of anilines is 1. The lowest BCUT2D eigenvalue weighted by molar-refractivity contribution is 0.324. The lowest BCUT2D eigenvalue weighted by atomic mass is 10.1. The van der Waals surface area contributed by atoms with Gasteiger partial charge in [-0.15, -0.1) is 0 Å². The fraction of sp³-hybridized carbons (Fsp3) is 0.167. The normalized spacial score (nSPS) is 11.4. The van der Waals surface area contributed by atoms with E-state index in [1.165, 1.54) is 58.8 Å². The van der Waals surface area contributed by atoms with Gasteiger partial charge in [-0.25, -0.2) is 8.42 Å². The molecule has 0 spiro atoms. The zero-order valence-electron chi connectivity index (χ0n) is 19.3. The third-order valence-electron chi connectivity index (χ3n) is 4.94. The summed E-state index contributed by atoms with van der Waals surface area (Å²) in [4.78, 5) is -0.0847. The van der Waals surface area contributed by atoms with Crippen LogP contribution >= 0.6 is 23.2 Å². The zero-order chi connectivity index (χ0) is 25.8. The van der Waals surface area contributed by atoms with Crippen LogP contribution in [-0.2, 0) is 10.0 Å². The number of ether oxygens (including phenoxy) is 4. The van der Waals surface area contributed by atoms with Gasteiger partial charge in [0.05, 0.1) is 49.1 Å². The van der Waals surface area contributed by atoms with Gasteiger partial charge in [0.25, 0.3) is 10.0 Å². The third kappa shape index (κ3) is 5.87. The number of phenols is 1. The largest absolute Gasteiger partial charge is 0.504 e. The van der Waals surface area contributed by atoms with Crippen LogP contribution in [0.4, 0.5) is 5.69 Å². The minimum Gasteiger partial charge on any atom is -0.504 e. The van der Waals surface area contributed by atoms with Crippen LogP contribution in [0.25, 0.3) is 12.2 Å². The van der Waals surface area contributed by atoms with E-state index < -0.39 is 10.0 Å². The van der Waals surface area contributed by atoms with Gasteiger partial charge in [0.2, 0.25) is 5.75 Å². The molecule has 3 rings (SSSR count). The van der Waals surface area contributed by atoms with E-state index in [-0.39, 0.29) is 32.1 Å². The third-order valence-corrected chi connectivity index (χ3v) is 7.04. The average molecular weight is 540 g/mol. The maximum Gasteiger partial charge on any atom is 0.261 e. The van der Waals surface area contributed by atoms with Crippen LogP contribution in [0.15, 0.2) is 47.4 Å². The molecule has 0 saturated carbocycles. The van der Waals surface area contributed by atoms with E-state index in [0.717, 1.165) is 0 Å². The molecule has 3 aromatic carbocycles. The number of rotatable bonds is 9. The lowest BCUT2D eigenvalue weighted by Gasteiger charge is -2.14. The van der Waals surface area contributed by atoms with Crippen molar-refractivity contribution in [3.8, 4) is 28.7 Å². The quantitative estimate of drug-likeness (QED) is 0.265. The SMILES string of the molecule is COc1cc(NS(=O)(=O)c2ccc(Cl)c(Cl)c2)c(/C=C\c2cc(OC)c(OC)c(OC)c2)cc1O. The van der Waals surface area contributed by atoms with Crippen molar-refractivity contribution in [1.29, 1.82) is 0 Å². The second-order valence-corrected chi connectivity index (χ2v) is 9.58. The van der Waals surface area contributed by atoms with E-state index in [2.05, 4.69) is 4.72 Å². The van der Waals surface area contributed by atoms with Crippen LogP contribution in [0.3, 0.4) is 0 Å². The van der Waals surface area contributed by atoms with Crippen molar-refractivity contribution in [3.63, 3.8) is 0 Å². The molecule has 8 nitrogen and oxygen atoms in total. The van der Waals surface area contributed by atoms with Gasteiger partial charge >= 0.3 is 0 Å². The summed E-state index contributed by atoms with van der Waals surface area (Å²) < 4.78 is 49.8. The first-order chi connectivity index (χ1) is 16.6. The number of halogens is 2. The van der Waals surface area contributed by atoms with Gasteiger partial charge in [0.15, 0.2) is 23.0 Å². The first-order valence-corrected chi connectivity index (χ1v) is 12.2. The molecule has 0 amide bonds. The van der Waals surface area contributed by atoms with Crippen molar-refractivity contribution in [3.05, 3.63) is 63.6 Å². The Labute approximate surface area is 213 Å². The molecule has 0 unspecified atom stereocenters. The number of sulfonamides is 1. The van der Waals surface area contributed by atoms with Gasteiger partial charge in [0, 0.05) is 11.6 Å². The predicted molar refractivity (Wildman–Crippen MR) is 137 cm³/mol. The van der Waals surface area contributed by atoms with Gasteiger partial charge in [-0.3, -0.25) is 4.72 Å². The smallest absolute Gasteiger partial charge is 0.261 e. The molecular formula is C24H23Cl2NO7S. The summed E-state index contributed by atoms with van der Waals surface area (Å²) >= 11 is 11.9. The van der Waals surface area contributed by atoms with Crippen molar-refractivity contribution in [2.24, 2.45) is 0 Å². The predicted octanol–water partition coefficient (Wildman–Crippen LogP) is 5.70. The number of nitrogens with one attached hydrogen (secondary N) is 1. The van der Waals surface area contributed by atoms with E-state index >= 15 is 0 Å². The Morgan fingerprint density at radius 3 is 1.97 bits per heavy atom. The molecule has 0 heterocycles. The Kier molecular flexibility index (Phi) is 8.26. The van der Waals surface area contributed by atoms with E-state index in [0.29, 0.717) is 28.4 Å². The van der Waals surface area contributed by atoms with Crippen LogP contribution in [0.5, 0.6) is 28.7 Å². The maximum atomic E-state index is 13.0. The van der Waals surface area contributed by atoms with E-state index in [4.69, 9.17) is 42.1 Å². The van der Waals surface area contributed by atoms with Crippen molar-refractivity contribution in [2.75, 3.05) is 33.2 Å². The second-order valence-electron chi connectivity index (χ2n) is 7.08. The molecule has 0 aromatic heterocycles. The summed E-state index contributed by atoms with van der Waals surface area (Å²) in [5, 5.41) is 10.6. The maximum absolute atomic E-state index is 13.0. The van der Waals surface area contributed by atoms with Gasteiger partial charge < -0.3 is 24.1 Å². The topological polar surface area (TPSA) is 103 Å². The molecule has 0 bridgehead atoms. The lowest BCUT2D eigenvalue weighted by Crippen LogP contribution is -2.14. The number of hydrogen-bond acceptors (Lipinski definition) is 7. The monoisotopic (exact) mass is 539 g/mol. The molecule has 3 aromatic rings. The van der Waals surface area contributed by atoms with Crippen LogP contribution in [0, 0.1) is 0 Å². The first-order valence-electron chi connectivity index (χ1n) is 10.0. The molecule has 0 saturated heterocycles. The molecular weight excluding hydrogens is 517 g/mol. The molecule has 0 radical (unpaired) electrons. The molecule has 0 fully saturated rings. The summed E-state index contributed by atoms with van der Waals surface area (Å²) in [6.45, 7) is 0. The molecule has 0 aliphatic carbocycles. The van der Waals surface area contributed by atoms with Crippen LogP contribution in [-0.4, -0.2) is 42.0 Å². The highest BCUT2D eigenvalue weighted by atomic mass is 35.5. The fourth-order valence-corrected chi connectivity index (χ4v) is 4.67. The minimum absolute atomic E-state index is 0.0847. The van der Waals surface area contributed by atoms with Gasteiger partial charge in [-0.1, -0.05) is 35.4 Å². The molecule has 186 valence electrons. The second kappa shape index (κ2) is 11.0. The minimum atomic E-state index is -4.05. The van der Waals surface area contributed by atoms with Crippen molar-refractivity contribution in [2.45, 2.75) is 4.90 Å². The summed E-state index contributed by atoms with van der Waals surface area (Å²) in [6.07, 6.45) is 3.31. The first kappa shape index (κ1) is 26.3. The Hall–Kier alpha value is -3.27. The van der Waals surface area contributed by atoms with E-state index in [1.54, 1.807) is 24.3 Å². The summed E-state index contributed by atoms with van der Waals surface area (Å²) in [5.41, 5.74) is 1.20. The Balaban J connectivity index is 2.06. The number of hydrogen-bond donors (Lipinski definition) is 2. The van der Waals surface area contributed by atoms with Crippen LogP contribution in [0.2, 0.25) is 10.0 Å². The Bertz CT molecular complexity index is 1350. The summed E-state index contributed by atoms with van der Waals surface area (Å²) in [7, 11) is 1.82. The number of aromatic hydroxyl groups is 1. The Morgan fingerprint density at radius 1 is 0.800 bits per heavy atom. The van der Waals surface area contributed by atoms with Gasteiger partial charge in [-0.2, -0.15) is 0 Å². The van der Waals surface area contributed by atoms with Crippen LogP contribution < -0.4 is 23.7 Å². The summed E-state index contributed by atoms with van der Waals surface area (Å²) in [6, 6.07) is 10.2. The zero-order valence-corrected chi connectivity index (χ0v) is 21.6. The van der Waals surface area contributed by atoms with Crippen molar-refractivity contribution in [1.82, 2.24) is 0 Å². The van der Waals surface area contributed by atoms with Crippen molar-refractivity contribution >= 4 is 51.1 Å². The molecule has 35 heavy (non-hydrogen) atoms. The molecule has 0 aliphatic rings. The molecule has 11 heteroatoms. The Morgan fingerprint density at radius 2 is 1.43 bits per heavy atom. The molecule has 2 N–H and O–H groups in total. The fourth-order valence-electron chi connectivity index (χ4n) is 3.21. The highest BCUT2D eigenvalue weighted by molar-refractivity contribution is 7.92. The highest BCUT2D eigenvalue weighted by Gasteiger charge is 2.19. The van der Waals surface area contributed by atoms with Crippen LogP contribution in [0.1, 0.15) is 11.1 Å². The van der Waals surface area contributed by atoms with Gasteiger partial charge in [-0.05, 0) is 42.0 Å². The van der Waals surface area contributed by atoms with Crippen molar-refractivity contribution < 1.29 is 32.5 Å². The van der Waals surface area contributed by atoms with E-state index in [9.17, 15) is 13.5 Å².